The number of carbonyl (C=O) groups excluding carboxylic acids is 1. The van der Waals surface area contributed by atoms with Gasteiger partial charge in [-0.05, 0) is 24.3 Å². The Labute approximate surface area is 148 Å². The molecule has 25 heavy (non-hydrogen) atoms. The summed E-state index contributed by atoms with van der Waals surface area (Å²) in [5.41, 5.74) is 3.64. The minimum atomic E-state index is -0.0440. The van der Waals surface area contributed by atoms with Gasteiger partial charge in [0.15, 0.2) is 5.16 Å². The number of benzene rings is 2. The highest BCUT2D eigenvalue weighted by atomic mass is 32.2. The molecule has 2 aromatic carbocycles. The Bertz CT molecular complexity index is 1100. The lowest BCUT2D eigenvalue weighted by atomic mass is 10.2. The third-order valence-electron chi connectivity index (χ3n) is 3.89. The van der Waals surface area contributed by atoms with Crippen molar-refractivity contribution in [1.82, 2.24) is 19.7 Å². The molecule has 1 N–H and O–H groups in total. The molecule has 1 amide bonds. The molecule has 2 heterocycles. The Kier molecular flexibility index (Phi) is 4.11. The van der Waals surface area contributed by atoms with Crippen LogP contribution in [0.4, 0.5) is 0 Å². The van der Waals surface area contributed by atoms with Crippen LogP contribution >= 0.6 is 11.8 Å². The summed E-state index contributed by atoms with van der Waals surface area (Å²) in [7, 11) is 0. The van der Waals surface area contributed by atoms with E-state index in [1.54, 1.807) is 6.08 Å². The van der Waals surface area contributed by atoms with Crippen LogP contribution in [0.2, 0.25) is 0 Å². The van der Waals surface area contributed by atoms with Crippen molar-refractivity contribution in [1.29, 1.82) is 0 Å². The Balaban J connectivity index is 1.86. The fraction of sp³-hybridized carbons (Fsp3) is 0.105. The lowest BCUT2D eigenvalue weighted by Gasteiger charge is -2.08. The minimum absolute atomic E-state index is 0.0440. The number of nitrogens with zero attached hydrogens (tertiary/aromatic N) is 3. The maximum atomic E-state index is 11.9. The van der Waals surface area contributed by atoms with Crippen LogP contribution in [0.1, 0.15) is 0 Å². The van der Waals surface area contributed by atoms with Gasteiger partial charge in [0, 0.05) is 11.9 Å². The van der Waals surface area contributed by atoms with E-state index in [4.69, 9.17) is 9.97 Å². The number of para-hydroxylation sites is 3. The predicted molar refractivity (Wildman–Crippen MR) is 102 cm³/mol. The first-order valence-electron chi connectivity index (χ1n) is 7.94. The lowest BCUT2D eigenvalue weighted by Crippen LogP contribution is -2.25. The summed E-state index contributed by atoms with van der Waals surface area (Å²) in [6.07, 6.45) is 1.67. The zero-order chi connectivity index (χ0) is 17.2. The van der Waals surface area contributed by atoms with Gasteiger partial charge in [-0.25, -0.2) is 9.97 Å². The molecule has 0 radical (unpaired) electrons. The standard InChI is InChI=1S/C19H16N4OS/c1-2-11-20-17(24)12-25-19-22-14-8-4-3-7-13(14)18-21-15-9-5-6-10-16(15)23(18)19/h2-10H,1,11-12H2,(H,20,24). The van der Waals surface area contributed by atoms with Crippen LogP contribution in [-0.2, 0) is 4.79 Å². The second-order valence-corrected chi connectivity index (χ2v) is 6.49. The molecule has 0 spiro atoms. The normalized spacial score (nSPS) is 11.2. The summed E-state index contributed by atoms with van der Waals surface area (Å²) >= 11 is 1.41. The smallest absolute Gasteiger partial charge is 0.230 e. The molecule has 0 aliphatic heterocycles. The van der Waals surface area contributed by atoms with E-state index in [0.29, 0.717) is 12.3 Å². The number of carbonyl (C=O) groups is 1. The first-order valence-corrected chi connectivity index (χ1v) is 8.93. The molecular formula is C19H16N4OS. The third-order valence-corrected chi connectivity index (χ3v) is 4.83. The summed E-state index contributed by atoms with van der Waals surface area (Å²) < 4.78 is 2.03. The van der Waals surface area contributed by atoms with Crippen molar-refractivity contribution in [3.8, 4) is 0 Å². The number of rotatable bonds is 5. The monoisotopic (exact) mass is 348 g/mol. The Morgan fingerprint density at radius 3 is 2.72 bits per heavy atom. The van der Waals surface area contributed by atoms with Crippen molar-refractivity contribution in [2.45, 2.75) is 5.16 Å². The lowest BCUT2D eigenvalue weighted by molar-refractivity contribution is -0.118. The zero-order valence-corrected chi connectivity index (χ0v) is 14.3. The summed E-state index contributed by atoms with van der Waals surface area (Å²) in [4.78, 5) is 21.5. The molecule has 0 aliphatic rings. The first kappa shape index (κ1) is 15.7. The molecule has 0 fully saturated rings. The van der Waals surface area contributed by atoms with Crippen LogP contribution < -0.4 is 5.32 Å². The van der Waals surface area contributed by atoms with Crippen molar-refractivity contribution in [2.24, 2.45) is 0 Å². The van der Waals surface area contributed by atoms with Crippen molar-refractivity contribution in [2.75, 3.05) is 12.3 Å². The van der Waals surface area contributed by atoms with Gasteiger partial charge in [-0.3, -0.25) is 9.20 Å². The van der Waals surface area contributed by atoms with E-state index in [1.165, 1.54) is 11.8 Å². The van der Waals surface area contributed by atoms with E-state index in [-0.39, 0.29) is 5.91 Å². The number of nitrogens with one attached hydrogen (secondary N) is 1. The molecule has 0 saturated heterocycles. The van der Waals surface area contributed by atoms with Gasteiger partial charge in [-0.2, -0.15) is 0 Å². The van der Waals surface area contributed by atoms with Crippen molar-refractivity contribution in [3.63, 3.8) is 0 Å². The fourth-order valence-electron chi connectivity index (χ4n) is 2.78. The Morgan fingerprint density at radius 2 is 1.88 bits per heavy atom. The van der Waals surface area contributed by atoms with Crippen LogP contribution in [0.5, 0.6) is 0 Å². The van der Waals surface area contributed by atoms with E-state index >= 15 is 0 Å². The Hall–Kier alpha value is -2.86. The quantitative estimate of drug-likeness (QED) is 0.341. The third kappa shape index (κ3) is 2.85. The molecule has 0 bridgehead atoms. The molecule has 4 rings (SSSR count). The van der Waals surface area contributed by atoms with Crippen LogP contribution in [0.25, 0.3) is 27.6 Å². The molecule has 5 nitrogen and oxygen atoms in total. The first-order chi connectivity index (χ1) is 12.3. The largest absolute Gasteiger partial charge is 0.352 e. The number of hydrogen-bond acceptors (Lipinski definition) is 4. The average molecular weight is 348 g/mol. The second-order valence-electron chi connectivity index (χ2n) is 5.55. The van der Waals surface area contributed by atoms with Crippen LogP contribution in [0, 0.1) is 0 Å². The zero-order valence-electron chi connectivity index (χ0n) is 13.5. The molecule has 0 saturated carbocycles. The topological polar surface area (TPSA) is 59.3 Å². The van der Waals surface area contributed by atoms with Crippen LogP contribution in [-0.4, -0.2) is 32.6 Å². The van der Waals surface area contributed by atoms with Gasteiger partial charge in [0.1, 0.15) is 5.65 Å². The maximum Gasteiger partial charge on any atom is 0.230 e. The molecule has 0 aliphatic carbocycles. The predicted octanol–water partition coefficient (Wildman–Crippen LogP) is 3.43. The van der Waals surface area contributed by atoms with E-state index in [2.05, 4.69) is 11.9 Å². The maximum absolute atomic E-state index is 11.9. The summed E-state index contributed by atoms with van der Waals surface area (Å²) in [5, 5.41) is 4.55. The van der Waals surface area contributed by atoms with Gasteiger partial charge in [0.2, 0.25) is 5.91 Å². The summed E-state index contributed by atoms with van der Waals surface area (Å²) in [6, 6.07) is 15.9. The van der Waals surface area contributed by atoms with Crippen molar-refractivity contribution >= 4 is 45.3 Å². The molecule has 0 atom stereocenters. The number of aromatic nitrogens is 3. The highest BCUT2D eigenvalue weighted by Crippen LogP contribution is 2.28. The van der Waals surface area contributed by atoms with Crippen molar-refractivity contribution in [3.05, 3.63) is 61.2 Å². The second kappa shape index (κ2) is 6.57. The van der Waals surface area contributed by atoms with Gasteiger partial charge in [0.25, 0.3) is 0 Å². The van der Waals surface area contributed by atoms with E-state index < -0.39 is 0 Å². The SMILES string of the molecule is C=CCNC(=O)CSc1nc2ccccc2c2nc3ccccc3n12. The number of thioether (sulfide) groups is 1. The van der Waals surface area contributed by atoms with Gasteiger partial charge < -0.3 is 5.32 Å². The van der Waals surface area contributed by atoms with Crippen LogP contribution in [0.15, 0.2) is 66.3 Å². The minimum Gasteiger partial charge on any atom is -0.352 e. The fourth-order valence-corrected chi connectivity index (χ4v) is 3.62. The van der Waals surface area contributed by atoms with E-state index in [0.717, 1.165) is 32.7 Å². The van der Waals surface area contributed by atoms with Gasteiger partial charge in [-0.15, -0.1) is 6.58 Å². The number of fused-ring (bicyclic) bond motifs is 5. The summed E-state index contributed by atoms with van der Waals surface area (Å²) in [6.45, 7) is 4.07. The van der Waals surface area contributed by atoms with Crippen molar-refractivity contribution < 1.29 is 4.79 Å². The van der Waals surface area contributed by atoms with Crippen LogP contribution in [0.3, 0.4) is 0 Å². The summed E-state index contributed by atoms with van der Waals surface area (Å²) in [5.74, 6) is 0.248. The number of imidazole rings is 1. The average Bonchev–Trinajstić information content (AvgIpc) is 3.04. The van der Waals surface area contributed by atoms with E-state index in [1.807, 2.05) is 52.9 Å². The van der Waals surface area contributed by atoms with E-state index in [9.17, 15) is 4.79 Å². The molecule has 6 heteroatoms. The number of amides is 1. The molecular weight excluding hydrogens is 332 g/mol. The van der Waals surface area contributed by atoms with Gasteiger partial charge in [0.05, 0.1) is 22.3 Å². The number of hydrogen-bond donors (Lipinski definition) is 1. The van der Waals surface area contributed by atoms with Gasteiger partial charge >= 0.3 is 0 Å². The molecule has 0 unspecified atom stereocenters. The Morgan fingerprint density at radius 1 is 1.12 bits per heavy atom. The molecule has 4 aromatic rings. The highest BCUT2D eigenvalue weighted by molar-refractivity contribution is 7.99. The highest BCUT2D eigenvalue weighted by Gasteiger charge is 2.14. The van der Waals surface area contributed by atoms with Gasteiger partial charge in [-0.1, -0.05) is 42.1 Å². The molecule has 124 valence electrons. The molecule has 2 aromatic heterocycles.